The lowest BCUT2D eigenvalue weighted by atomic mass is 9.84. The molecular weight excluding hydrogens is 1120 g/mol. The summed E-state index contributed by atoms with van der Waals surface area (Å²) in [7, 11) is 0. The molecule has 5 heteroatoms. The summed E-state index contributed by atoms with van der Waals surface area (Å²) in [5, 5.41) is 11.4. The van der Waals surface area contributed by atoms with E-state index < -0.39 is 0 Å². The minimum absolute atomic E-state index is 0.725. The normalized spacial score (nSPS) is 12.9. The van der Waals surface area contributed by atoms with Crippen LogP contribution in [0.1, 0.15) is 255 Å². The maximum atomic E-state index is 2.73. The van der Waals surface area contributed by atoms with Gasteiger partial charge in [-0.2, -0.15) is 0 Å². The fraction of sp³-hybridized carbons (Fsp3) is 0.525. The van der Waals surface area contributed by atoms with Gasteiger partial charge in [0.25, 0.3) is 0 Å². The zero-order valence-corrected chi connectivity index (χ0v) is 57.6. The van der Waals surface area contributed by atoms with E-state index in [1.807, 2.05) is 34.0 Å². The molecule has 454 valence electrons. The molecule has 0 saturated heterocycles. The van der Waals surface area contributed by atoms with Gasteiger partial charge in [-0.25, -0.2) is 0 Å². The van der Waals surface area contributed by atoms with Crippen LogP contribution in [-0.4, -0.2) is 0 Å². The summed E-state index contributed by atoms with van der Waals surface area (Å²) < 4.78 is 6.07. The maximum absolute atomic E-state index is 2.73. The molecule has 0 N–H and O–H groups in total. The number of hydrogen-bond acceptors (Lipinski definition) is 5. The molecule has 0 amide bonds. The van der Waals surface area contributed by atoms with E-state index in [1.54, 1.807) is 31.3 Å². The largest absolute Gasteiger partial charge is 0.140 e. The van der Waals surface area contributed by atoms with Crippen molar-refractivity contribution in [2.45, 2.75) is 260 Å². The molecule has 0 fully saturated rings. The Morgan fingerprint density at radius 3 is 1.12 bits per heavy atom. The Morgan fingerprint density at radius 1 is 0.282 bits per heavy atom. The van der Waals surface area contributed by atoms with E-state index in [2.05, 4.69) is 161 Å². The van der Waals surface area contributed by atoms with Crippen molar-refractivity contribution in [3.8, 4) is 29.9 Å². The average molecular weight is 1230 g/mol. The topological polar surface area (TPSA) is 0 Å². The van der Waals surface area contributed by atoms with Crippen molar-refractivity contribution >= 4 is 119 Å². The minimum Gasteiger partial charge on any atom is -0.140 e. The monoisotopic (exact) mass is 1220 g/mol. The minimum atomic E-state index is 0.725. The molecule has 0 bridgehead atoms. The number of hydrogen-bond donors (Lipinski definition) is 0. The Morgan fingerprint density at radius 2 is 0.671 bits per heavy atom. The summed E-state index contributed by atoms with van der Waals surface area (Å²) in [5.74, 6) is 1.45. The summed E-state index contributed by atoms with van der Waals surface area (Å²) in [6.07, 6.45) is 46.8. The highest BCUT2D eigenvalue weighted by atomic mass is 32.1. The second-order valence-electron chi connectivity index (χ2n) is 26.2. The van der Waals surface area contributed by atoms with E-state index in [-0.39, 0.29) is 0 Å². The zero-order chi connectivity index (χ0) is 58.7. The van der Waals surface area contributed by atoms with E-state index in [1.165, 1.54) is 300 Å². The fourth-order valence-electron chi connectivity index (χ4n) is 14.2. The van der Waals surface area contributed by atoms with Gasteiger partial charge in [-0.15, -0.1) is 56.7 Å². The van der Waals surface area contributed by atoms with Gasteiger partial charge in [0.2, 0.25) is 0 Å². The molecule has 0 aliphatic rings. The second-order valence-corrected chi connectivity index (χ2v) is 31.7. The van der Waals surface area contributed by atoms with Gasteiger partial charge in [0.15, 0.2) is 0 Å². The van der Waals surface area contributed by atoms with Crippen LogP contribution in [-0.2, 0) is 12.8 Å². The summed E-state index contributed by atoms with van der Waals surface area (Å²) in [5.41, 5.74) is 6.03. The Labute approximate surface area is 534 Å². The van der Waals surface area contributed by atoms with Gasteiger partial charge >= 0.3 is 0 Å². The van der Waals surface area contributed by atoms with Crippen LogP contribution in [0.15, 0.2) is 97.1 Å². The van der Waals surface area contributed by atoms with Crippen LogP contribution in [0, 0.1) is 25.7 Å². The predicted octanol–water partition coefficient (Wildman–Crippen LogP) is 29.4. The van der Waals surface area contributed by atoms with Gasteiger partial charge in [0.1, 0.15) is 0 Å². The highest BCUT2D eigenvalue weighted by molar-refractivity contribution is 7.29. The first kappa shape index (κ1) is 64.2. The van der Waals surface area contributed by atoms with Gasteiger partial charge in [0, 0.05) is 58.8 Å². The zero-order valence-electron chi connectivity index (χ0n) is 53.5. The van der Waals surface area contributed by atoms with Crippen LogP contribution in [0.3, 0.4) is 0 Å². The molecule has 0 aliphatic carbocycles. The lowest BCUT2D eigenvalue weighted by Crippen LogP contribution is -2.08. The van der Waals surface area contributed by atoms with E-state index in [9.17, 15) is 0 Å². The molecule has 5 aromatic carbocycles. The molecule has 5 heterocycles. The van der Waals surface area contributed by atoms with Crippen LogP contribution < -0.4 is 0 Å². The summed E-state index contributed by atoms with van der Waals surface area (Å²) in [6, 6.07) is 38.8. The van der Waals surface area contributed by atoms with Crippen molar-refractivity contribution in [2.24, 2.45) is 11.8 Å². The highest BCUT2D eigenvalue weighted by Crippen LogP contribution is 2.51. The van der Waals surface area contributed by atoms with Crippen molar-refractivity contribution in [2.75, 3.05) is 0 Å². The SMILES string of the molecule is CCCCCCCCCCC(CCCCCCCC)Cc1c2cc(-c3ccc(-c4ccc5c(ccc6c7ccc8cc(C)ccc8c7sc56)c4)s3)sc2c(CC(CCCCCCCC)CCCCCCCCCC)c2cc(-c3ccc(C)s3)sc12. The van der Waals surface area contributed by atoms with Gasteiger partial charge in [-0.05, 0) is 130 Å². The molecule has 5 aromatic heterocycles. The molecule has 0 radical (unpaired) electrons. The molecule has 0 saturated carbocycles. The number of rotatable bonds is 39. The van der Waals surface area contributed by atoms with Crippen molar-refractivity contribution in [1.82, 2.24) is 0 Å². The van der Waals surface area contributed by atoms with Gasteiger partial charge in [-0.3, -0.25) is 0 Å². The lowest BCUT2D eigenvalue weighted by Gasteiger charge is -2.22. The molecule has 2 unspecified atom stereocenters. The number of fused-ring (bicyclic) bond motifs is 9. The smallest absolute Gasteiger partial charge is 0.0455 e. The first-order valence-corrected chi connectivity index (χ1v) is 38.9. The molecule has 2 atom stereocenters. The number of benzene rings is 5. The number of thiophene rings is 5. The molecule has 0 aliphatic heterocycles. The maximum Gasteiger partial charge on any atom is 0.0455 e. The third-order valence-electron chi connectivity index (χ3n) is 19.2. The molecular formula is C80H104S5. The summed E-state index contributed by atoms with van der Waals surface area (Å²) in [6.45, 7) is 13.9. The third kappa shape index (κ3) is 16.9. The van der Waals surface area contributed by atoms with Gasteiger partial charge in [-0.1, -0.05) is 293 Å². The number of aryl methyl sites for hydroxylation is 2. The Balaban J connectivity index is 1.02. The van der Waals surface area contributed by atoms with E-state index in [4.69, 9.17) is 0 Å². The fourth-order valence-corrected chi connectivity index (χ4v) is 20.1. The Hall–Kier alpha value is -3.84. The first-order valence-electron chi connectivity index (χ1n) is 34.8. The van der Waals surface area contributed by atoms with Crippen molar-refractivity contribution < 1.29 is 0 Å². The van der Waals surface area contributed by atoms with Gasteiger partial charge < -0.3 is 0 Å². The van der Waals surface area contributed by atoms with Crippen LogP contribution >= 0.6 is 56.7 Å². The quantitative estimate of drug-likeness (QED) is 0.0337. The van der Waals surface area contributed by atoms with Crippen molar-refractivity contribution in [3.05, 3.63) is 119 Å². The first-order chi connectivity index (χ1) is 41.8. The average Bonchev–Trinajstić information content (AvgIpc) is 1.79. The standard InChI is InChI=1S/C80H104S5/c1-7-11-15-19-23-25-29-33-37-59(35-31-27-21-17-13-9-3)52-68-70-55-75(73-48-40-58(6)81-73)83-79(70)69(53-60(36-32-28-22-18-14-10-4)38-34-30-26-24-20-16-12-8-2)71-56-76(84-80(68)71)74-50-49-72(82-74)63-43-45-65-62(54-63)42-47-67-66-46-41-61-51-57(5)39-44-64(61)77(66)85-78(65)67/h39-51,54-56,59-60H,7-38,52-53H2,1-6H3. The molecule has 10 aromatic rings. The van der Waals surface area contributed by atoms with Crippen LogP contribution in [0.4, 0.5) is 0 Å². The van der Waals surface area contributed by atoms with Crippen LogP contribution in [0.25, 0.3) is 91.8 Å². The Kier molecular flexibility index (Phi) is 25.0. The second kappa shape index (κ2) is 33.1. The highest BCUT2D eigenvalue weighted by Gasteiger charge is 2.26. The summed E-state index contributed by atoms with van der Waals surface area (Å²) >= 11 is 10.3. The lowest BCUT2D eigenvalue weighted by molar-refractivity contribution is 0.401. The van der Waals surface area contributed by atoms with Gasteiger partial charge in [0.05, 0.1) is 0 Å². The molecule has 10 rings (SSSR count). The molecule has 0 nitrogen and oxygen atoms in total. The summed E-state index contributed by atoms with van der Waals surface area (Å²) in [4.78, 5) is 8.65. The molecule has 85 heavy (non-hydrogen) atoms. The van der Waals surface area contributed by atoms with Crippen molar-refractivity contribution in [1.29, 1.82) is 0 Å². The van der Waals surface area contributed by atoms with E-state index in [0.29, 0.717) is 0 Å². The Bertz CT molecular complexity index is 3540. The predicted molar refractivity (Wildman–Crippen MR) is 391 cm³/mol. The van der Waals surface area contributed by atoms with Crippen LogP contribution in [0.5, 0.6) is 0 Å². The van der Waals surface area contributed by atoms with E-state index >= 15 is 0 Å². The molecule has 0 spiro atoms. The van der Waals surface area contributed by atoms with Crippen LogP contribution in [0.2, 0.25) is 0 Å². The number of unbranched alkanes of at least 4 members (excludes halogenated alkanes) is 24. The van der Waals surface area contributed by atoms with Crippen molar-refractivity contribution in [3.63, 3.8) is 0 Å². The van der Waals surface area contributed by atoms with E-state index in [0.717, 1.165) is 11.8 Å². The third-order valence-corrected chi connectivity index (χ3v) is 25.4.